The molecule has 0 spiro atoms. The van der Waals surface area contributed by atoms with E-state index < -0.39 is 0 Å². The molecule has 27 heavy (non-hydrogen) atoms. The molecule has 0 aliphatic carbocycles. The monoisotopic (exact) mass is 385 g/mol. The number of ether oxygens (including phenoxy) is 1. The highest BCUT2D eigenvalue weighted by atomic mass is 32.1. The molecule has 0 amide bonds. The molecule has 0 saturated carbocycles. The summed E-state index contributed by atoms with van der Waals surface area (Å²) in [5.74, 6) is 0.794. The summed E-state index contributed by atoms with van der Waals surface area (Å²) >= 11 is 1.55. The Bertz CT molecular complexity index is 874. The van der Waals surface area contributed by atoms with Crippen LogP contribution in [0.3, 0.4) is 0 Å². The van der Waals surface area contributed by atoms with Crippen LogP contribution in [-0.4, -0.2) is 27.7 Å². The van der Waals surface area contributed by atoms with Crippen LogP contribution in [0.25, 0.3) is 11.4 Å². The number of rotatable bonds is 9. The first kappa shape index (κ1) is 19.2. The number of carbonyl (C=O) groups excluding carboxylic acids is 1. The number of esters is 1. The van der Waals surface area contributed by atoms with Gasteiger partial charge in [0.15, 0.2) is 0 Å². The number of pyridine rings is 1. The Kier molecular flexibility index (Phi) is 6.70. The average molecular weight is 385 g/mol. The second kappa shape index (κ2) is 9.41. The van der Waals surface area contributed by atoms with Crippen molar-refractivity contribution in [2.24, 2.45) is 0 Å². The van der Waals surface area contributed by atoms with Crippen LogP contribution in [0.5, 0.6) is 0 Å². The molecule has 0 aliphatic rings. The van der Waals surface area contributed by atoms with Gasteiger partial charge in [-0.15, -0.1) is 11.3 Å². The fraction of sp³-hybridized carbons (Fsp3) is 0.400. The molecule has 0 aromatic carbocycles. The van der Waals surface area contributed by atoms with Crippen molar-refractivity contribution in [2.75, 3.05) is 6.61 Å². The predicted molar refractivity (Wildman–Crippen MR) is 104 cm³/mol. The van der Waals surface area contributed by atoms with E-state index in [4.69, 9.17) is 9.26 Å². The maximum Gasteiger partial charge on any atom is 0.348 e. The summed E-state index contributed by atoms with van der Waals surface area (Å²) in [4.78, 5) is 22.6. The molecular weight excluding hydrogens is 362 g/mol. The second-order valence-corrected chi connectivity index (χ2v) is 7.29. The van der Waals surface area contributed by atoms with Crippen molar-refractivity contribution in [1.82, 2.24) is 15.1 Å². The summed E-state index contributed by atoms with van der Waals surface area (Å²) in [7, 11) is 0. The molecule has 3 aromatic rings. The first-order valence-corrected chi connectivity index (χ1v) is 10.0. The summed E-state index contributed by atoms with van der Waals surface area (Å²) in [5, 5.41) is 3.95. The largest absolute Gasteiger partial charge is 0.461 e. The van der Waals surface area contributed by atoms with E-state index in [1.165, 1.54) is 10.4 Å². The minimum atomic E-state index is -0.251. The zero-order chi connectivity index (χ0) is 19.1. The van der Waals surface area contributed by atoms with Crippen LogP contribution in [0.2, 0.25) is 0 Å². The third-order valence-corrected chi connectivity index (χ3v) is 5.33. The molecule has 0 unspecified atom stereocenters. The van der Waals surface area contributed by atoms with E-state index in [0.29, 0.717) is 36.0 Å². The van der Waals surface area contributed by atoms with Crippen LogP contribution in [-0.2, 0) is 24.0 Å². The van der Waals surface area contributed by atoms with Crippen molar-refractivity contribution in [3.63, 3.8) is 0 Å². The highest BCUT2D eigenvalue weighted by Crippen LogP contribution is 2.25. The zero-order valence-corrected chi connectivity index (χ0v) is 16.4. The van der Waals surface area contributed by atoms with Crippen LogP contribution < -0.4 is 0 Å². The van der Waals surface area contributed by atoms with Crippen molar-refractivity contribution in [3.8, 4) is 11.4 Å². The number of aryl methyl sites for hydroxylation is 3. The van der Waals surface area contributed by atoms with E-state index in [-0.39, 0.29) is 5.97 Å². The Balaban J connectivity index is 1.48. The lowest BCUT2D eigenvalue weighted by atomic mass is 10.1. The van der Waals surface area contributed by atoms with E-state index in [1.54, 1.807) is 23.7 Å². The minimum Gasteiger partial charge on any atom is -0.461 e. The van der Waals surface area contributed by atoms with E-state index >= 15 is 0 Å². The van der Waals surface area contributed by atoms with Crippen molar-refractivity contribution < 1.29 is 14.1 Å². The molecule has 3 rings (SSSR count). The fourth-order valence-corrected chi connectivity index (χ4v) is 3.98. The van der Waals surface area contributed by atoms with Gasteiger partial charge >= 0.3 is 5.97 Å². The highest BCUT2D eigenvalue weighted by Gasteiger charge is 2.15. The van der Waals surface area contributed by atoms with Crippen LogP contribution in [0.1, 0.15) is 52.7 Å². The third-order valence-electron chi connectivity index (χ3n) is 4.11. The smallest absolute Gasteiger partial charge is 0.348 e. The molecule has 0 aliphatic heterocycles. The van der Waals surface area contributed by atoms with Gasteiger partial charge in [-0.05, 0) is 43.0 Å². The number of hydrogen-bond acceptors (Lipinski definition) is 7. The lowest BCUT2D eigenvalue weighted by Gasteiger charge is -2.01. The summed E-state index contributed by atoms with van der Waals surface area (Å²) in [6.45, 7) is 4.58. The van der Waals surface area contributed by atoms with Gasteiger partial charge in [-0.1, -0.05) is 25.4 Å². The lowest BCUT2D eigenvalue weighted by Crippen LogP contribution is -2.05. The van der Waals surface area contributed by atoms with Gasteiger partial charge in [0.25, 0.3) is 0 Å². The van der Waals surface area contributed by atoms with Gasteiger partial charge < -0.3 is 9.26 Å². The Morgan fingerprint density at radius 3 is 2.93 bits per heavy atom. The normalized spacial score (nSPS) is 10.9. The highest BCUT2D eigenvalue weighted by molar-refractivity contribution is 7.14. The average Bonchev–Trinajstić information content (AvgIpc) is 3.33. The molecule has 0 atom stereocenters. The predicted octanol–water partition coefficient (Wildman–Crippen LogP) is 4.50. The molecule has 7 heteroatoms. The molecule has 142 valence electrons. The Hall–Kier alpha value is -2.54. The molecule has 0 bridgehead atoms. The molecule has 3 aromatic heterocycles. The van der Waals surface area contributed by atoms with E-state index in [0.717, 1.165) is 24.8 Å². The maximum atomic E-state index is 12.3. The van der Waals surface area contributed by atoms with Crippen LogP contribution in [0, 0.1) is 0 Å². The maximum absolute atomic E-state index is 12.3. The van der Waals surface area contributed by atoms with E-state index in [2.05, 4.69) is 29.0 Å². The Morgan fingerprint density at radius 2 is 2.19 bits per heavy atom. The Morgan fingerprint density at radius 1 is 1.30 bits per heavy atom. The van der Waals surface area contributed by atoms with E-state index in [1.807, 2.05) is 18.2 Å². The number of aromatic nitrogens is 3. The van der Waals surface area contributed by atoms with Crippen LogP contribution >= 0.6 is 11.3 Å². The first-order chi connectivity index (χ1) is 13.2. The molecule has 0 radical (unpaired) electrons. The molecule has 0 fully saturated rings. The molecular formula is C20H23N3O3S. The number of thiophene rings is 1. The standard InChI is InChI=1S/C20H23N3O3S/c1-3-7-16-14(4-2)12-17(27-16)20(24)25-11-6-9-18-22-19(23-26-18)15-8-5-10-21-13-15/h5,8,10,12-13H,3-4,6-7,9,11H2,1-2H3. The number of carbonyl (C=O) groups is 1. The summed E-state index contributed by atoms with van der Waals surface area (Å²) < 4.78 is 10.6. The molecule has 0 saturated heterocycles. The summed E-state index contributed by atoms with van der Waals surface area (Å²) in [5.41, 5.74) is 2.06. The number of nitrogens with zero attached hydrogens (tertiary/aromatic N) is 3. The van der Waals surface area contributed by atoms with Gasteiger partial charge in [0.1, 0.15) is 4.88 Å². The first-order valence-electron chi connectivity index (χ1n) is 9.23. The number of hydrogen-bond donors (Lipinski definition) is 0. The van der Waals surface area contributed by atoms with Gasteiger partial charge in [0.05, 0.1) is 6.61 Å². The van der Waals surface area contributed by atoms with Gasteiger partial charge in [-0.2, -0.15) is 4.98 Å². The molecule has 6 nitrogen and oxygen atoms in total. The SMILES string of the molecule is CCCc1sc(C(=O)OCCCc2nc(-c3cccnc3)no2)cc1CC. The topological polar surface area (TPSA) is 78.1 Å². The van der Waals surface area contributed by atoms with Crippen LogP contribution in [0.15, 0.2) is 35.1 Å². The van der Waals surface area contributed by atoms with Crippen molar-refractivity contribution in [3.05, 3.63) is 51.8 Å². The fourth-order valence-electron chi connectivity index (χ4n) is 2.73. The summed E-state index contributed by atoms with van der Waals surface area (Å²) in [6, 6.07) is 5.67. The van der Waals surface area contributed by atoms with Gasteiger partial charge in [-0.3, -0.25) is 4.98 Å². The zero-order valence-electron chi connectivity index (χ0n) is 15.6. The van der Waals surface area contributed by atoms with Crippen molar-refractivity contribution >= 4 is 17.3 Å². The van der Waals surface area contributed by atoms with Crippen LogP contribution in [0.4, 0.5) is 0 Å². The van der Waals surface area contributed by atoms with Crippen molar-refractivity contribution in [1.29, 1.82) is 0 Å². The van der Waals surface area contributed by atoms with E-state index in [9.17, 15) is 4.79 Å². The van der Waals surface area contributed by atoms with Gasteiger partial charge in [0.2, 0.25) is 11.7 Å². The van der Waals surface area contributed by atoms with Crippen molar-refractivity contribution in [2.45, 2.75) is 46.0 Å². The third kappa shape index (κ3) is 5.01. The summed E-state index contributed by atoms with van der Waals surface area (Å²) in [6.07, 6.45) is 7.61. The minimum absolute atomic E-state index is 0.251. The quantitative estimate of drug-likeness (QED) is 0.399. The molecule has 0 N–H and O–H groups in total. The van der Waals surface area contributed by atoms with Gasteiger partial charge in [0, 0.05) is 29.3 Å². The second-order valence-electron chi connectivity index (χ2n) is 6.16. The lowest BCUT2D eigenvalue weighted by molar-refractivity contribution is 0.0504. The Labute approximate surface area is 162 Å². The molecule has 3 heterocycles. The van der Waals surface area contributed by atoms with Gasteiger partial charge in [-0.25, -0.2) is 4.79 Å².